The molecule has 5 nitrogen and oxygen atoms in total. The van der Waals surface area contributed by atoms with Crippen LogP contribution in [0.3, 0.4) is 0 Å². The van der Waals surface area contributed by atoms with Crippen molar-refractivity contribution in [1.29, 1.82) is 0 Å². The van der Waals surface area contributed by atoms with Gasteiger partial charge in [-0.15, -0.1) is 0 Å². The van der Waals surface area contributed by atoms with Crippen molar-refractivity contribution in [2.75, 3.05) is 32.7 Å². The van der Waals surface area contributed by atoms with Crippen LogP contribution in [0.25, 0.3) is 0 Å². The molecular weight excluding hydrogens is 289 g/mol. The third-order valence-corrected chi connectivity index (χ3v) is 4.45. The lowest BCUT2D eigenvalue weighted by Gasteiger charge is -2.35. The molecule has 1 N–H and O–H groups in total. The average Bonchev–Trinajstić information content (AvgIpc) is 2.90. The van der Waals surface area contributed by atoms with E-state index < -0.39 is 35.9 Å². The summed E-state index contributed by atoms with van der Waals surface area (Å²) in [6, 6.07) is 0. The van der Waals surface area contributed by atoms with E-state index in [-0.39, 0.29) is 32.1 Å². The lowest BCUT2D eigenvalue weighted by molar-refractivity contribution is -0.153. The van der Waals surface area contributed by atoms with Gasteiger partial charge in [-0.1, -0.05) is 13.8 Å². The van der Waals surface area contributed by atoms with Crippen molar-refractivity contribution in [3.63, 3.8) is 0 Å². The van der Waals surface area contributed by atoms with Crippen LogP contribution < -0.4 is 0 Å². The molecule has 1 amide bonds. The summed E-state index contributed by atoms with van der Waals surface area (Å²) in [5.41, 5.74) is -0.577. The summed E-state index contributed by atoms with van der Waals surface area (Å²) in [6.07, 6.45) is -4.24. The summed E-state index contributed by atoms with van der Waals surface area (Å²) in [5, 5.41) is 9.07. The first-order valence-electron chi connectivity index (χ1n) is 6.85. The number of aliphatic carboxylic acids is 1. The van der Waals surface area contributed by atoms with Crippen molar-refractivity contribution in [3.8, 4) is 0 Å². The molecular formula is C13H19F3N2O3. The molecule has 1 heterocycles. The van der Waals surface area contributed by atoms with Gasteiger partial charge in [0.05, 0.1) is 18.4 Å². The molecule has 1 aliphatic heterocycles. The Morgan fingerprint density at radius 3 is 2.05 bits per heavy atom. The minimum absolute atomic E-state index is 0.163. The monoisotopic (exact) mass is 308 g/mol. The fourth-order valence-corrected chi connectivity index (χ4v) is 3.14. The number of carbonyl (C=O) groups is 2. The van der Waals surface area contributed by atoms with Crippen molar-refractivity contribution in [2.45, 2.75) is 20.0 Å². The highest BCUT2D eigenvalue weighted by atomic mass is 19.4. The second kappa shape index (κ2) is 5.15. The van der Waals surface area contributed by atoms with Gasteiger partial charge in [0.15, 0.2) is 0 Å². The van der Waals surface area contributed by atoms with Crippen molar-refractivity contribution in [2.24, 2.45) is 17.3 Å². The summed E-state index contributed by atoms with van der Waals surface area (Å²) < 4.78 is 36.9. The van der Waals surface area contributed by atoms with Crippen LogP contribution in [0.1, 0.15) is 13.8 Å². The van der Waals surface area contributed by atoms with Crippen molar-refractivity contribution >= 4 is 11.9 Å². The molecule has 0 aromatic heterocycles. The Bertz CT molecular complexity index is 442. The smallest absolute Gasteiger partial charge is 0.401 e. The number of amides is 1. The van der Waals surface area contributed by atoms with Crippen LogP contribution in [0.4, 0.5) is 13.2 Å². The average molecular weight is 308 g/mol. The number of carboxylic acid groups (broad SMARTS) is 1. The molecule has 2 fully saturated rings. The van der Waals surface area contributed by atoms with Gasteiger partial charge in [-0.3, -0.25) is 14.5 Å². The van der Waals surface area contributed by atoms with E-state index in [1.807, 2.05) is 0 Å². The maximum atomic E-state index is 12.3. The third-order valence-electron chi connectivity index (χ3n) is 4.45. The van der Waals surface area contributed by atoms with Gasteiger partial charge in [0.25, 0.3) is 0 Å². The van der Waals surface area contributed by atoms with Gasteiger partial charge in [-0.25, -0.2) is 0 Å². The molecule has 0 bridgehead atoms. The van der Waals surface area contributed by atoms with Gasteiger partial charge in [-0.2, -0.15) is 13.2 Å². The van der Waals surface area contributed by atoms with Crippen molar-refractivity contribution < 1.29 is 27.9 Å². The van der Waals surface area contributed by atoms with Crippen LogP contribution in [0.15, 0.2) is 0 Å². The zero-order valence-electron chi connectivity index (χ0n) is 12.0. The Morgan fingerprint density at radius 2 is 1.67 bits per heavy atom. The normalized spacial score (nSPS) is 29.3. The minimum atomic E-state index is -4.24. The summed E-state index contributed by atoms with van der Waals surface area (Å²) >= 11 is 0. The van der Waals surface area contributed by atoms with E-state index in [1.54, 1.807) is 13.8 Å². The quantitative estimate of drug-likeness (QED) is 0.846. The second-order valence-electron chi connectivity index (χ2n) is 6.33. The van der Waals surface area contributed by atoms with Gasteiger partial charge in [-0.05, 0) is 5.41 Å². The summed E-state index contributed by atoms with van der Waals surface area (Å²) in [5.74, 6) is -2.50. The number of hydrogen-bond acceptors (Lipinski definition) is 3. The van der Waals surface area contributed by atoms with Crippen LogP contribution in [0.2, 0.25) is 0 Å². The van der Waals surface area contributed by atoms with E-state index in [1.165, 1.54) is 9.80 Å². The number of rotatable bonds is 3. The third kappa shape index (κ3) is 3.30. The Kier molecular flexibility index (Phi) is 3.94. The number of piperazine rings is 1. The van der Waals surface area contributed by atoms with E-state index in [2.05, 4.69) is 0 Å². The number of carboxylic acids is 1. The van der Waals surface area contributed by atoms with E-state index >= 15 is 0 Å². The van der Waals surface area contributed by atoms with Crippen LogP contribution in [-0.4, -0.2) is 65.7 Å². The first-order chi connectivity index (χ1) is 9.54. The van der Waals surface area contributed by atoms with Gasteiger partial charge in [0.2, 0.25) is 5.91 Å². The lowest BCUT2D eigenvalue weighted by atomic mass is 10.1. The maximum Gasteiger partial charge on any atom is 0.401 e. The molecule has 120 valence electrons. The highest BCUT2D eigenvalue weighted by Gasteiger charge is 2.66. The number of carbonyl (C=O) groups excluding carboxylic acids is 1. The van der Waals surface area contributed by atoms with Crippen LogP contribution >= 0.6 is 0 Å². The number of nitrogens with zero attached hydrogens (tertiary/aromatic N) is 2. The SMILES string of the molecule is CC1(C)[C@H](C(=O)O)[C@@H]1C(=O)N1CCN(CC(F)(F)F)CC1. The number of alkyl halides is 3. The number of halogens is 3. The van der Waals surface area contributed by atoms with Crippen molar-refractivity contribution in [3.05, 3.63) is 0 Å². The zero-order chi connectivity index (χ0) is 16.0. The topological polar surface area (TPSA) is 60.9 Å². The van der Waals surface area contributed by atoms with E-state index in [0.717, 1.165) is 0 Å². The molecule has 21 heavy (non-hydrogen) atoms. The van der Waals surface area contributed by atoms with E-state index in [9.17, 15) is 22.8 Å². The molecule has 8 heteroatoms. The Morgan fingerprint density at radius 1 is 1.14 bits per heavy atom. The molecule has 0 spiro atoms. The lowest BCUT2D eigenvalue weighted by Crippen LogP contribution is -2.51. The molecule has 0 aromatic rings. The second-order valence-corrected chi connectivity index (χ2v) is 6.33. The van der Waals surface area contributed by atoms with Gasteiger partial charge >= 0.3 is 12.1 Å². The van der Waals surface area contributed by atoms with E-state index in [0.29, 0.717) is 0 Å². The Balaban J connectivity index is 1.89. The minimum Gasteiger partial charge on any atom is -0.481 e. The standard InChI is InChI=1S/C13H19F3N2O3/c1-12(2)8(9(12)11(20)21)10(19)18-5-3-17(4-6-18)7-13(14,15)16/h8-9H,3-7H2,1-2H3,(H,20,21)/t8-,9+/m1/s1. The molecule has 2 aliphatic rings. The van der Waals surface area contributed by atoms with Gasteiger partial charge in [0.1, 0.15) is 0 Å². The first-order valence-corrected chi connectivity index (χ1v) is 6.85. The highest BCUT2D eigenvalue weighted by molar-refractivity contribution is 5.91. The zero-order valence-corrected chi connectivity index (χ0v) is 12.0. The highest BCUT2D eigenvalue weighted by Crippen LogP contribution is 2.59. The summed E-state index contributed by atoms with van der Waals surface area (Å²) in [4.78, 5) is 26.1. The number of hydrogen-bond donors (Lipinski definition) is 1. The molecule has 2 atom stereocenters. The molecule has 0 radical (unpaired) electrons. The fourth-order valence-electron chi connectivity index (χ4n) is 3.14. The molecule has 1 saturated heterocycles. The summed E-state index contributed by atoms with van der Waals surface area (Å²) in [6.45, 7) is 3.25. The van der Waals surface area contributed by atoms with Gasteiger partial charge in [0, 0.05) is 26.2 Å². The fraction of sp³-hybridized carbons (Fsp3) is 0.846. The first kappa shape index (κ1) is 16.1. The van der Waals surface area contributed by atoms with Crippen molar-refractivity contribution in [1.82, 2.24) is 9.80 Å². The Labute approximate surface area is 120 Å². The summed E-state index contributed by atoms with van der Waals surface area (Å²) in [7, 11) is 0. The molecule has 2 rings (SSSR count). The van der Waals surface area contributed by atoms with E-state index in [4.69, 9.17) is 5.11 Å². The molecule has 1 saturated carbocycles. The molecule has 0 aromatic carbocycles. The maximum absolute atomic E-state index is 12.3. The molecule has 0 unspecified atom stereocenters. The predicted octanol–water partition coefficient (Wildman–Crippen LogP) is 1.05. The largest absolute Gasteiger partial charge is 0.481 e. The van der Waals surface area contributed by atoms with Crippen LogP contribution in [0.5, 0.6) is 0 Å². The Hall–Kier alpha value is -1.31. The molecule has 1 aliphatic carbocycles. The van der Waals surface area contributed by atoms with Crippen LogP contribution in [0, 0.1) is 17.3 Å². The van der Waals surface area contributed by atoms with Crippen LogP contribution in [-0.2, 0) is 9.59 Å². The predicted molar refractivity (Wildman–Crippen MR) is 67.5 cm³/mol. The van der Waals surface area contributed by atoms with Gasteiger partial charge < -0.3 is 10.0 Å².